The minimum Gasteiger partial charge on any atom is -0.392 e. The van der Waals surface area contributed by atoms with Crippen molar-refractivity contribution in [2.75, 3.05) is 0 Å². The van der Waals surface area contributed by atoms with Crippen molar-refractivity contribution < 1.29 is 4.79 Å². The summed E-state index contributed by atoms with van der Waals surface area (Å²) in [5, 5.41) is 2.92. The average Bonchev–Trinajstić information content (AvgIpc) is 2.85. The molecule has 19 heavy (non-hydrogen) atoms. The molecule has 0 saturated carbocycles. The first-order valence-corrected chi connectivity index (χ1v) is 7.24. The van der Waals surface area contributed by atoms with E-state index in [0.29, 0.717) is 10.6 Å². The van der Waals surface area contributed by atoms with Crippen LogP contribution in [0.4, 0.5) is 0 Å². The number of carbonyl (C=O) groups is 1. The van der Waals surface area contributed by atoms with Crippen molar-refractivity contribution in [3.05, 3.63) is 34.9 Å². The van der Waals surface area contributed by atoms with Crippen LogP contribution in [0.15, 0.2) is 18.2 Å². The second kappa shape index (κ2) is 6.15. The second-order valence-corrected chi connectivity index (χ2v) is 5.53. The highest BCUT2D eigenvalue weighted by Crippen LogP contribution is 2.22. The monoisotopic (exact) mass is 276 g/mol. The number of nitrogens with two attached hydrogens (primary N) is 1. The molecule has 1 amide bonds. The molecule has 0 fully saturated rings. The SMILES string of the molecule is CCCC(NC(=O)c1ccc2c(c1)CCC2)C(N)=S. The lowest BCUT2D eigenvalue weighted by Crippen LogP contribution is -2.43. The van der Waals surface area contributed by atoms with E-state index in [2.05, 4.69) is 11.4 Å². The summed E-state index contributed by atoms with van der Waals surface area (Å²) in [7, 11) is 0. The first-order valence-electron chi connectivity index (χ1n) is 6.83. The van der Waals surface area contributed by atoms with Gasteiger partial charge in [0, 0.05) is 5.56 Å². The number of rotatable bonds is 5. The van der Waals surface area contributed by atoms with E-state index in [1.807, 2.05) is 19.1 Å². The maximum atomic E-state index is 12.2. The zero-order chi connectivity index (χ0) is 13.8. The summed E-state index contributed by atoms with van der Waals surface area (Å²) < 4.78 is 0. The number of carbonyl (C=O) groups excluding carboxylic acids is 1. The van der Waals surface area contributed by atoms with Crippen LogP contribution < -0.4 is 11.1 Å². The predicted octanol–water partition coefficient (Wildman–Crippen LogP) is 2.36. The van der Waals surface area contributed by atoms with E-state index in [-0.39, 0.29) is 11.9 Å². The molecule has 2 rings (SSSR count). The Kier molecular flexibility index (Phi) is 4.53. The van der Waals surface area contributed by atoms with Gasteiger partial charge in [0.2, 0.25) is 0 Å². The van der Waals surface area contributed by atoms with Crippen molar-refractivity contribution in [1.82, 2.24) is 5.32 Å². The third-order valence-corrected chi connectivity index (χ3v) is 3.87. The fourth-order valence-electron chi connectivity index (χ4n) is 2.53. The highest BCUT2D eigenvalue weighted by molar-refractivity contribution is 7.80. The van der Waals surface area contributed by atoms with Crippen LogP contribution >= 0.6 is 12.2 Å². The van der Waals surface area contributed by atoms with E-state index in [1.54, 1.807) is 0 Å². The number of amides is 1. The predicted molar refractivity (Wildman–Crippen MR) is 81.4 cm³/mol. The third-order valence-electron chi connectivity index (χ3n) is 3.59. The second-order valence-electron chi connectivity index (χ2n) is 5.05. The molecule has 0 aliphatic heterocycles. The maximum Gasteiger partial charge on any atom is 0.251 e. The Labute approximate surface area is 119 Å². The molecule has 0 radical (unpaired) electrons. The maximum absolute atomic E-state index is 12.2. The lowest BCUT2D eigenvalue weighted by Gasteiger charge is -2.17. The molecule has 1 atom stereocenters. The molecule has 3 N–H and O–H groups in total. The highest BCUT2D eigenvalue weighted by atomic mass is 32.1. The van der Waals surface area contributed by atoms with Crippen molar-refractivity contribution >= 4 is 23.1 Å². The van der Waals surface area contributed by atoms with Crippen molar-refractivity contribution in [3.8, 4) is 0 Å². The van der Waals surface area contributed by atoms with Gasteiger partial charge in [-0.15, -0.1) is 0 Å². The number of nitrogens with one attached hydrogen (secondary N) is 1. The van der Waals surface area contributed by atoms with Gasteiger partial charge in [0.25, 0.3) is 5.91 Å². The molecule has 1 aliphatic carbocycles. The van der Waals surface area contributed by atoms with Crippen LogP contribution in [-0.4, -0.2) is 16.9 Å². The lowest BCUT2D eigenvalue weighted by molar-refractivity contribution is 0.0945. The van der Waals surface area contributed by atoms with Gasteiger partial charge in [-0.25, -0.2) is 0 Å². The molecule has 1 aliphatic rings. The number of aryl methyl sites for hydroxylation is 2. The van der Waals surface area contributed by atoms with Gasteiger partial charge in [-0.1, -0.05) is 31.6 Å². The van der Waals surface area contributed by atoms with E-state index >= 15 is 0 Å². The summed E-state index contributed by atoms with van der Waals surface area (Å²) in [6.07, 6.45) is 5.11. The van der Waals surface area contributed by atoms with Gasteiger partial charge in [0.05, 0.1) is 11.0 Å². The van der Waals surface area contributed by atoms with E-state index in [1.165, 1.54) is 17.5 Å². The van der Waals surface area contributed by atoms with E-state index in [0.717, 1.165) is 25.7 Å². The van der Waals surface area contributed by atoms with E-state index in [9.17, 15) is 4.79 Å². The number of thiocarbonyl (C=S) groups is 1. The Balaban J connectivity index is 2.09. The molecule has 0 aromatic heterocycles. The number of fused-ring (bicyclic) bond motifs is 1. The van der Waals surface area contributed by atoms with Crippen molar-refractivity contribution in [2.24, 2.45) is 5.73 Å². The van der Waals surface area contributed by atoms with Gasteiger partial charge in [0.1, 0.15) is 0 Å². The highest BCUT2D eigenvalue weighted by Gasteiger charge is 2.17. The fraction of sp³-hybridized carbons (Fsp3) is 0.467. The number of hydrogen-bond donors (Lipinski definition) is 2. The standard InChI is InChI=1S/C15H20N2OS/c1-2-4-13(14(16)19)17-15(18)12-8-7-10-5-3-6-11(10)9-12/h7-9,13H,2-6H2,1H3,(H2,16,19)(H,17,18). The van der Waals surface area contributed by atoms with Crippen LogP contribution in [0.1, 0.15) is 47.7 Å². The van der Waals surface area contributed by atoms with Crippen molar-refractivity contribution in [1.29, 1.82) is 0 Å². The van der Waals surface area contributed by atoms with Crippen molar-refractivity contribution in [3.63, 3.8) is 0 Å². The topological polar surface area (TPSA) is 55.1 Å². The number of hydrogen-bond acceptors (Lipinski definition) is 2. The Morgan fingerprint density at radius 2 is 2.16 bits per heavy atom. The summed E-state index contributed by atoms with van der Waals surface area (Å²) in [6.45, 7) is 2.05. The molecular formula is C15H20N2OS. The zero-order valence-corrected chi connectivity index (χ0v) is 12.1. The molecule has 3 nitrogen and oxygen atoms in total. The summed E-state index contributed by atoms with van der Waals surface area (Å²) in [4.78, 5) is 12.6. The Bertz CT molecular complexity index is 499. The molecule has 1 aromatic carbocycles. The molecule has 1 aromatic rings. The van der Waals surface area contributed by atoms with Crippen LogP contribution in [0.5, 0.6) is 0 Å². The first kappa shape index (κ1) is 14.0. The van der Waals surface area contributed by atoms with Gasteiger partial charge in [-0.2, -0.15) is 0 Å². The Morgan fingerprint density at radius 1 is 1.42 bits per heavy atom. The largest absolute Gasteiger partial charge is 0.392 e. The Hall–Kier alpha value is -1.42. The van der Waals surface area contributed by atoms with Crippen LogP contribution in [-0.2, 0) is 12.8 Å². The molecule has 0 heterocycles. The van der Waals surface area contributed by atoms with Gasteiger partial charge < -0.3 is 11.1 Å². The van der Waals surface area contributed by atoms with Gasteiger partial charge in [-0.3, -0.25) is 4.79 Å². The van der Waals surface area contributed by atoms with E-state index in [4.69, 9.17) is 18.0 Å². The Morgan fingerprint density at radius 3 is 2.84 bits per heavy atom. The van der Waals surface area contributed by atoms with E-state index < -0.39 is 0 Å². The molecule has 0 bridgehead atoms. The number of benzene rings is 1. The van der Waals surface area contributed by atoms with Crippen molar-refractivity contribution in [2.45, 2.75) is 45.1 Å². The summed E-state index contributed by atoms with van der Waals surface area (Å²) in [6, 6.07) is 5.75. The summed E-state index contributed by atoms with van der Waals surface area (Å²) in [5.74, 6) is -0.0825. The molecule has 0 saturated heterocycles. The van der Waals surface area contributed by atoms with Crippen LogP contribution in [0.2, 0.25) is 0 Å². The normalized spacial score (nSPS) is 14.8. The van der Waals surface area contributed by atoms with Gasteiger partial charge in [-0.05, 0) is 48.9 Å². The summed E-state index contributed by atoms with van der Waals surface area (Å²) >= 11 is 4.99. The third kappa shape index (κ3) is 3.32. The molecule has 1 unspecified atom stereocenters. The lowest BCUT2D eigenvalue weighted by atomic mass is 10.1. The minimum atomic E-state index is -0.208. The van der Waals surface area contributed by atoms with Crippen LogP contribution in [0.25, 0.3) is 0 Å². The first-order chi connectivity index (χ1) is 9.11. The molecule has 0 spiro atoms. The van der Waals surface area contributed by atoms with Crippen LogP contribution in [0, 0.1) is 0 Å². The molecule has 102 valence electrons. The smallest absolute Gasteiger partial charge is 0.251 e. The minimum absolute atomic E-state index is 0.0825. The summed E-state index contributed by atoms with van der Waals surface area (Å²) in [5.41, 5.74) is 9.03. The zero-order valence-electron chi connectivity index (χ0n) is 11.2. The van der Waals surface area contributed by atoms with Gasteiger partial charge in [0.15, 0.2) is 0 Å². The quantitative estimate of drug-likeness (QED) is 0.812. The molecule has 4 heteroatoms. The van der Waals surface area contributed by atoms with Gasteiger partial charge >= 0.3 is 0 Å². The average molecular weight is 276 g/mol. The molecular weight excluding hydrogens is 256 g/mol. The van der Waals surface area contributed by atoms with Crippen LogP contribution in [0.3, 0.4) is 0 Å². The fourth-order valence-corrected chi connectivity index (χ4v) is 2.71.